The van der Waals surface area contributed by atoms with Crippen LogP contribution in [0.2, 0.25) is 0 Å². The molecule has 1 N–H and O–H groups in total. The zero-order chi connectivity index (χ0) is 15.5. The summed E-state index contributed by atoms with van der Waals surface area (Å²) in [5.41, 5.74) is 3.66. The van der Waals surface area contributed by atoms with Gasteiger partial charge in [0.05, 0.1) is 11.5 Å². The summed E-state index contributed by atoms with van der Waals surface area (Å²) in [6, 6.07) is 6.51. The van der Waals surface area contributed by atoms with Gasteiger partial charge in [0, 0.05) is 25.3 Å². The Hall–Kier alpha value is -1.07. The highest BCUT2D eigenvalue weighted by Crippen LogP contribution is 2.24. The minimum Gasteiger partial charge on any atom is -0.371 e. The molecule has 0 radical (unpaired) electrons. The maximum Gasteiger partial charge on any atom is 0.152 e. The lowest BCUT2D eigenvalue weighted by atomic mass is 10.1. The van der Waals surface area contributed by atoms with Crippen molar-refractivity contribution in [2.75, 3.05) is 30.0 Å². The van der Waals surface area contributed by atoms with Crippen molar-refractivity contribution in [1.29, 1.82) is 0 Å². The minimum atomic E-state index is -2.83. The third kappa shape index (κ3) is 4.20. The second-order valence-electron chi connectivity index (χ2n) is 5.96. The lowest BCUT2D eigenvalue weighted by Crippen LogP contribution is -2.32. The van der Waals surface area contributed by atoms with Crippen molar-refractivity contribution in [1.82, 2.24) is 5.32 Å². The van der Waals surface area contributed by atoms with Gasteiger partial charge in [0.15, 0.2) is 9.84 Å². The molecule has 1 unspecified atom stereocenters. The molecule has 21 heavy (non-hydrogen) atoms. The van der Waals surface area contributed by atoms with E-state index in [0.29, 0.717) is 5.75 Å². The smallest absolute Gasteiger partial charge is 0.152 e. The Labute approximate surface area is 128 Å². The molecule has 0 aromatic heterocycles. The number of rotatable bonds is 6. The molecule has 0 amide bonds. The lowest BCUT2D eigenvalue weighted by molar-refractivity contribution is 0.601. The van der Waals surface area contributed by atoms with E-state index in [1.54, 1.807) is 0 Å². The van der Waals surface area contributed by atoms with Gasteiger partial charge >= 0.3 is 0 Å². The number of nitrogens with one attached hydrogen (secondary N) is 1. The van der Waals surface area contributed by atoms with Crippen LogP contribution in [0.1, 0.15) is 30.9 Å². The van der Waals surface area contributed by atoms with Gasteiger partial charge in [0.1, 0.15) is 0 Å². The molecule has 0 bridgehead atoms. The Morgan fingerprint density at radius 1 is 1.38 bits per heavy atom. The summed E-state index contributed by atoms with van der Waals surface area (Å²) in [4.78, 5) is 2.11. The van der Waals surface area contributed by atoms with Crippen molar-refractivity contribution in [3.05, 3.63) is 29.3 Å². The third-order valence-corrected chi connectivity index (χ3v) is 5.98. The molecule has 1 heterocycles. The van der Waals surface area contributed by atoms with Crippen molar-refractivity contribution in [2.24, 2.45) is 0 Å². The van der Waals surface area contributed by atoms with Crippen LogP contribution in [0, 0.1) is 6.92 Å². The first-order chi connectivity index (χ1) is 9.93. The maximum absolute atomic E-state index is 11.6. The van der Waals surface area contributed by atoms with Gasteiger partial charge in [-0.25, -0.2) is 8.42 Å². The first-order valence-electron chi connectivity index (χ1n) is 7.66. The molecule has 4 nitrogen and oxygen atoms in total. The standard InChI is InChI=1S/C16H26N2O2S/c1-4-8-17-11-14-5-6-15(10-13(14)2)18(3)16-7-9-21(19,20)12-16/h5-6,10,16-17H,4,7-9,11-12H2,1-3H3. The van der Waals surface area contributed by atoms with Crippen LogP contribution in [0.25, 0.3) is 0 Å². The number of sulfone groups is 1. The van der Waals surface area contributed by atoms with Gasteiger partial charge in [-0.15, -0.1) is 0 Å². The Kier molecular flexibility index (Phi) is 5.27. The number of hydrogen-bond donors (Lipinski definition) is 1. The molecule has 1 aliphatic rings. The average molecular weight is 310 g/mol. The zero-order valence-electron chi connectivity index (χ0n) is 13.2. The van der Waals surface area contributed by atoms with Gasteiger partial charge in [-0.2, -0.15) is 0 Å². The van der Waals surface area contributed by atoms with E-state index in [2.05, 4.69) is 42.3 Å². The van der Waals surface area contributed by atoms with Crippen LogP contribution in [0.5, 0.6) is 0 Å². The fourth-order valence-corrected chi connectivity index (χ4v) is 4.56. The van der Waals surface area contributed by atoms with Crippen LogP contribution in [-0.4, -0.2) is 39.6 Å². The van der Waals surface area contributed by atoms with Crippen molar-refractivity contribution in [3.63, 3.8) is 0 Å². The van der Waals surface area contributed by atoms with E-state index in [1.165, 1.54) is 11.1 Å². The summed E-state index contributed by atoms with van der Waals surface area (Å²) in [6.07, 6.45) is 1.87. The molecule has 0 spiro atoms. The van der Waals surface area contributed by atoms with E-state index in [4.69, 9.17) is 0 Å². The summed E-state index contributed by atoms with van der Waals surface area (Å²) >= 11 is 0. The van der Waals surface area contributed by atoms with E-state index < -0.39 is 9.84 Å². The number of hydrogen-bond acceptors (Lipinski definition) is 4. The van der Waals surface area contributed by atoms with E-state index >= 15 is 0 Å². The second kappa shape index (κ2) is 6.79. The lowest BCUT2D eigenvalue weighted by Gasteiger charge is -2.26. The molecule has 0 aliphatic carbocycles. The van der Waals surface area contributed by atoms with Crippen molar-refractivity contribution < 1.29 is 8.42 Å². The molecular weight excluding hydrogens is 284 g/mol. The summed E-state index contributed by atoms with van der Waals surface area (Å²) < 4.78 is 23.2. The predicted molar refractivity (Wildman–Crippen MR) is 88.6 cm³/mol. The van der Waals surface area contributed by atoms with E-state index in [-0.39, 0.29) is 11.8 Å². The molecule has 1 atom stereocenters. The molecule has 118 valence electrons. The quantitative estimate of drug-likeness (QED) is 0.818. The molecular formula is C16H26N2O2S. The Balaban J connectivity index is 2.05. The molecule has 0 saturated carbocycles. The molecule has 2 rings (SSSR count). The Bertz CT molecular complexity index is 584. The number of nitrogens with zero attached hydrogens (tertiary/aromatic N) is 1. The van der Waals surface area contributed by atoms with Gasteiger partial charge in [-0.3, -0.25) is 0 Å². The zero-order valence-corrected chi connectivity index (χ0v) is 14.0. The molecule has 1 aromatic carbocycles. The van der Waals surface area contributed by atoms with E-state index in [1.807, 2.05) is 7.05 Å². The van der Waals surface area contributed by atoms with Crippen LogP contribution in [0.15, 0.2) is 18.2 Å². The fraction of sp³-hybridized carbons (Fsp3) is 0.625. The highest BCUT2D eigenvalue weighted by molar-refractivity contribution is 7.91. The van der Waals surface area contributed by atoms with Crippen LogP contribution in [-0.2, 0) is 16.4 Å². The summed E-state index contributed by atoms with van der Waals surface area (Å²) in [5.74, 6) is 0.600. The summed E-state index contributed by atoms with van der Waals surface area (Å²) in [5, 5.41) is 3.41. The molecule has 1 saturated heterocycles. The van der Waals surface area contributed by atoms with Crippen LogP contribution < -0.4 is 10.2 Å². The minimum absolute atomic E-state index is 0.110. The van der Waals surface area contributed by atoms with Crippen LogP contribution >= 0.6 is 0 Å². The van der Waals surface area contributed by atoms with Crippen molar-refractivity contribution in [2.45, 2.75) is 39.3 Å². The molecule has 1 aromatic rings. The molecule has 5 heteroatoms. The maximum atomic E-state index is 11.6. The topological polar surface area (TPSA) is 49.4 Å². The first-order valence-corrected chi connectivity index (χ1v) is 9.48. The van der Waals surface area contributed by atoms with Gasteiger partial charge in [0.2, 0.25) is 0 Å². The first kappa shape index (κ1) is 16.3. The number of benzene rings is 1. The van der Waals surface area contributed by atoms with Gasteiger partial charge in [-0.05, 0) is 49.6 Å². The number of aryl methyl sites for hydroxylation is 1. The second-order valence-corrected chi connectivity index (χ2v) is 8.18. The third-order valence-electron chi connectivity index (χ3n) is 4.23. The van der Waals surface area contributed by atoms with Crippen molar-refractivity contribution in [3.8, 4) is 0 Å². The van der Waals surface area contributed by atoms with Gasteiger partial charge < -0.3 is 10.2 Å². The van der Waals surface area contributed by atoms with E-state index in [9.17, 15) is 8.42 Å². The normalized spacial score (nSPS) is 20.6. The van der Waals surface area contributed by atoms with Gasteiger partial charge in [-0.1, -0.05) is 13.0 Å². The summed E-state index contributed by atoms with van der Waals surface area (Å²) in [6.45, 7) is 6.20. The fourth-order valence-electron chi connectivity index (χ4n) is 2.79. The SMILES string of the molecule is CCCNCc1ccc(N(C)C2CCS(=O)(=O)C2)cc1C. The Morgan fingerprint density at radius 2 is 2.14 bits per heavy atom. The molecule has 1 fully saturated rings. The largest absolute Gasteiger partial charge is 0.371 e. The Morgan fingerprint density at radius 3 is 2.71 bits per heavy atom. The molecule has 1 aliphatic heterocycles. The predicted octanol–water partition coefficient (Wildman–Crippen LogP) is 2.12. The monoisotopic (exact) mass is 310 g/mol. The van der Waals surface area contributed by atoms with E-state index in [0.717, 1.165) is 31.6 Å². The van der Waals surface area contributed by atoms with Gasteiger partial charge in [0.25, 0.3) is 0 Å². The van der Waals surface area contributed by atoms with Crippen LogP contribution in [0.3, 0.4) is 0 Å². The van der Waals surface area contributed by atoms with Crippen LogP contribution in [0.4, 0.5) is 5.69 Å². The highest BCUT2D eigenvalue weighted by Gasteiger charge is 2.30. The number of anilines is 1. The van der Waals surface area contributed by atoms with Crippen molar-refractivity contribution >= 4 is 15.5 Å². The average Bonchev–Trinajstić information content (AvgIpc) is 2.80. The highest BCUT2D eigenvalue weighted by atomic mass is 32.2. The summed E-state index contributed by atoms with van der Waals surface area (Å²) in [7, 11) is -0.838.